The molecule has 2 rings (SSSR count). The largest absolute Gasteiger partial charge is 0.416 e. The molecule has 1 saturated heterocycles. The first-order chi connectivity index (χ1) is 8.45. The molecule has 18 heavy (non-hydrogen) atoms. The number of hydrogen-bond acceptors (Lipinski definition) is 1. The van der Waals surface area contributed by atoms with Crippen molar-refractivity contribution in [2.75, 3.05) is 13.1 Å². The molecule has 0 aliphatic carbocycles. The first kappa shape index (κ1) is 13.7. The molecule has 1 aliphatic rings. The minimum Gasteiger partial charge on any atom is -0.299 e. The summed E-state index contributed by atoms with van der Waals surface area (Å²) in [6, 6.07) is 3.78. The Morgan fingerprint density at radius 2 is 1.72 bits per heavy atom. The van der Waals surface area contributed by atoms with Gasteiger partial charge in [0, 0.05) is 11.6 Å². The summed E-state index contributed by atoms with van der Waals surface area (Å²) >= 11 is 5.76. The van der Waals surface area contributed by atoms with E-state index in [1.54, 1.807) is 6.07 Å². The lowest BCUT2D eigenvalue weighted by Crippen LogP contribution is -2.29. The van der Waals surface area contributed by atoms with Crippen molar-refractivity contribution < 1.29 is 13.2 Å². The van der Waals surface area contributed by atoms with E-state index >= 15 is 0 Å². The zero-order valence-electron chi connectivity index (χ0n) is 9.93. The molecule has 1 aromatic rings. The number of piperidine rings is 1. The SMILES string of the molecule is FC(F)(F)c1cc(Cl)cc(CN2CCCCC2)c1. The normalized spacial score (nSPS) is 18.0. The molecule has 5 heteroatoms. The van der Waals surface area contributed by atoms with Gasteiger partial charge in [-0.3, -0.25) is 4.90 Å². The fourth-order valence-electron chi connectivity index (χ4n) is 2.28. The number of likely N-dealkylation sites (tertiary alicyclic amines) is 1. The first-order valence-electron chi connectivity index (χ1n) is 6.04. The van der Waals surface area contributed by atoms with Gasteiger partial charge in [-0.15, -0.1) is 0 Å². The van der Waals surface area contributed by atoms with Crippen molar-refractivity contribution in [2.24, 2.45) is 0 Å². The van der Waals surface area contributed by atoms with Crippen LogP contribution in [0.2, 0.25) is 5.02 Å². The van der Waals surface area contributed by atoms with Gasteiger partial charge in [0.1, 0.15) is 0 Å². The van der Waals surface area contributed by atoms with Crippen molar-refractivity contribution in [2.45, 2.75) is 32.0 Å². The van der Waals surface area contributed by atoms with Gasteiger partial charge < -0.3 is 0 Å². The summed E-state index contributed by atoms with van der Waals surface area (Å²) in [5.41, 5.74) is -0.0289. The predicted octanol–water partition coefficient (Wildman–Crippen LogP) is 4.34. The van der Waals surface area contributed by atoms with Gasteiger partial charge in [-0.2, -0.15) is 13.2 Å². The molecule has 1 aromatic carbocycles. The maximum atomic E-state index is 12.7. The highest BCUT2D eigenvalue weighted by molar-refractivity contribution is 6.30. The van der Waals surface area contributed by atoms with Crippen LogP contribution >= 0.6 is 11.6 Å². The average molecular weight is 278 g/mol. The van der Waals surface area contributed by atoms with Crippen LogP contribution in [0.25, 0.3) is 0 Å². The van der Waals surface area contributed by atoms with Gasteiger partial charge in [-0.25, -0.2) is 0 Å². The summed E-state index contributed by atoms with van der Waals surface area (Å²) in [5.74, 6) is 0. The maximum absolute atomic E-state index is 12.7. The molecule has 0 spiro atoms. The zero-order chi connectivity index (χ0) is 13.2. The topological polar surface area (TPSA) is 3.24 Å². The fraction of sp³-hybridized carbons (Fsp3) is 0.538. The molecule has 0 atom stereocenters. The second kappa shape index (κ2) is 5.49. The molecule has 0 radical (unpaired) electrons. The second-order valence-corrected chi connectivity index (χ2v) is 5.12. The van der Waals surface area contributed by atoms with E-state index in [0.29, 0.717) is 12.1 Å². The van der Waals surface area contributed by atoms with E-state index in [1.165, 1.54) is 12.5 Å². The monoisotopic (exact) mass is 277 g/mol. The molecule has 1 fully saturated rings. The van der Waals surface area contributed by atoms with E-state index in [9.17, 15) is 13.2 Å². The standard InChI is InChI=1S/C13H15ClF3N/c14-12-7-10(6-11(8-12)13(15,16)17)9-18-4-2-1-3-5-18/h6-8H,1-5,9H2. The summed E-state index contributed by atoms with van der Waals surface area (Å²) in [6.45, 7) is 2.45. The number of hydrogen-bond donors (Lipinski definition) is 0. The molecule has 0 saturated carbocycles. The Morgan fingerprint density at radius 3 is 2.33 bits per heavy atom. The highest BCUT2D eigenvalue weighted by Gasteiger charge is 2.31. The third-order valence-electron chi connectivity index (χ3n) is 3.14. The Hall–Kier alpha value is -0.740. The molecule has 0 N–H and O–H groups in total. The van der Waals surface area contributed by atoms with E-state index in [1.807, 2.05) is 0 Å². The smallest absolute Gasteiger partial charge is 0.299 e. The maximum Gasteiger partial charge on any atom is 0.416 e. The number of nitrogens with zero attached hydrogens (tertiary/aromatic N) is 1. The summed E-state index contributed by atoms with van der Waals surface area (Å²) in [6.07, 6.45) is -0.888. The zero-order valence-corrected chi connectivity index (χ0v) is 10.7. The Kier molecular flexibility index (Phi) is 4.17. The van der Waals surface area contributed by atoms with Crippen molar-refractivity contribution in [1.82, 2.24) is 4.90 Å². The minimum absolute atomic E-state index is 0.150. The molecule has 1 aliphatic heterocycles. The number of alkyl halides is 3. The summed E-state index contributed by atoms with van der Waals surface area (Å²) in [7, 11) is 0. The first-order valence-corrected chi connectivity index (χ1v) is 6.42. The fourth-order valence-corrected chi connectivity index (χ4v) is 2.54. The summed E-state index contributed by atoms with van der Waals surface area (Å²) < 4.78 is 38.0. The van der Waals surface area contributed by atoms with E-state index < -0.39 is 11.7 Å². The lowest BCUT2D eigenvalue weighted by atomic mass is 10.1. The van der Waals surface area contributed by atoms with Crippen molar-refractivity contribution in [3.05, 3.63) is 34.3 Å². The van der Waals surface area contributed by atoms with Gasteiger partial charge in [0.05, 0.1) is 5.56 Å². The Balaban J connectivity index is 2.14. The highest BCUT2D eigenvalue weighted by Crippen LogP contribution is 2.32. The molecule has 0 unspecified atom stereocenters. The minimum atomic E-state index is -4.33. The lowest BCUT2D eigenvalue weighted by molar-refractivity contribution is -0.137. The lowest BCUT2D eigenvalue weighted by Gasteiger charge is -2.26. The van der Waals surface area contributed by atoms with E-state index in [4.69, 9.17) is 11.6 Å². The van der Waals surface area contributed by atoms with Gasteiger partial charge >= 0.3 is 6.18 Å². The van der Waals surface area contributed by atoms with Crippen molar-refractivity contribution in [3.63, 3.8) is 0 Å². The predicted molar refractivity (Wildman–Crippen MR) is 65.6 cm³/mol. The number of halogens is 4. The van der Waals surface area contributed by atoms with Gasteiger partial charge in [0.25, 0.3) is 0 Å². The van der Waals surface area contributed by atoms with Crippen molar-refractivity contribution in [3.8, 4) is 0 Å². The van der Waals surface area contributed by atoms with Crippen LogP contribution in [0.3, 0.4) is 0 Å². The Bertz CT molecular complexity index is 411. The van der Waals surface area contributed by atoms with Gasteiger partial charge in [-0.05, 0) is 49.7 Å². The number of benzene rings is 1. The molecular formula is C13H15ClF3N. The summed E-state index contributed by atoms with van der Waals surface area (Å²) in [5, 5.41) is 0.150. The summed E-state index contributed by atoms with van der Waals surface area (Å²) in [4.78, 5) is 2.18. The Labute approximate surface area is 110 Å². The second-order valence-electron chi connectivity index (χ2n) is 4.68. The van der Waals surface area contributed by atoms with Crippen molar-refractivity contribution >= 4 is 11.6 Å². The van der Waals surface area contributed by atoms with Gasteiger partial charge in [-0.1, -0.05) is 18.0 Å². The molecule has 0 aromatic heterocycles. The van der Waals surface area contributed by atoms with Gasteiger partial charge in [0.2, 0.25) is 0 Å². The van der Waals surface area contributed by atoms with Crippen LogP contribution in [0, 0.1) is 0 Å². The van der Waals surface area contributed by atoms with E-state index in [-0.39, 0.29) is 5.02 Å². The quantitative estimate of drug-likeness (QED) is 0.777. The third kappa shape index (κ3) is 3.62. The molecule has 100 valence electrons. The Morgan fingerprint density at radius 1 is 1.06 bits per heavy atom. The van der Waals surface area contributed by atoms with Crippen LogP contribution in [-0.2, 0) is 12.7 Å². The van der Waals surface area contributed by atoms with Crippen LogP contribution in [0.1, 0.15) is 30.4 Å². The van der Waals surface area contributed by atoms with Crippen LogP contribution in [0.15, 0.2) is 18.2 Å². The molecule has 1 nitrogen and oxygen atoms in total. The molecule has 0 bridgehead atoms. The van der Waals surface area contributed by atoms with Crippen LogP contribution in [0.4, 0.5) is 13.2 Å². The highest BCUT2D eigenvalue weighted by atomic mass is 35.5. The molecular weight excluding hydrogens is 263 g/mol. The van der Waals surface area contributed by atoms with Crippen LogP contribution < -0.4 is 0 Å². The average Bonchev–Trinajstić information content (AvgIpc) is 2.28. The van der Waals surface area contributed by atoms with Gasteiger partial charge in [0.15, 0.2) is 0 Å². The number of rotatable bonds is 2. The van der Waals surface area contributed by atoms with Crippen molar-refractivity contribution in [1.29, 1.82) is 0 Å². The van der Waals surface area contributed by atoms with Crippen LogP contribution in [-0.4, -0.2) is 18.0 Å². The molecule has 1 heterocycles. The van der Waals surface area contributed by atoms with E-state index in [0.717, 1.165) is 32.0 Å². The van der Waals surface area contributed by atoms with Crippen LogP contribution in [0.5, 0.6) is 0 Å². The molecule has 0 amide bonds. The van der Waals surface area contributed by atoms with E-state index in [2.05, 4.69) is 4.90 Å². The third-order valence-corrected chi connectivity index (χ3v) is 3.36.